The first-order valence-corrected chi connectivity index (χ1v) is 10.2. The molecule has 0 spiro atoms. The monoisotopic (exact) mass is 383 g/mol. The molecular formula is C28H17NO. The lowest BCUT2D eigenvalue weighted by atomic mass is 9.98. The summed E-state index contributed by atoms with van der Waals surface area (Å²) in [5.74, 6) is 0. The van der Waals surface area contributed by atoms with Crippen molar-refractivity contribution >= 4 is 54.5 Å². The van der Waals surface area contributed by atoms with Crippen LogP contribution in [0.2, 0.25) is 0 Å². The van der Waals surface area contributed by atoms with Gasteiger partial charge in [0.1, 0.15) is 11.2 Å². The fraction of sp³-hybridized carbons (Fsp3) is 0. The third kappa shape index (κ3) is 2.03. The predicted octanol–water partition coefficient (Wildman–Crippen LogP) is 8.04. The van der Waals surface area contributed by atoms with Gasteiger partial charge in [-0.05, 0) is 40.8 Å². The first-order chi connectivity index (χ1) is 14.9. The molecule has 0 saturated heterocycles. The lowest BCUT2D eigenvalue weighted by molar-refractivity contribution is 0.673. The number of aromatic nitrogens is 1. The van der Waals surface area contributed by atoms with Crippen LogP contribution >= 0.6 is 0 Å². The van der Waals surface area contributed by atoms with Crippen LogP contribution in [0.25, 0.3) is 65.6 Å². The molecular weight excluding hydrogens is 366 g/mol. The molecule has 1 N–H and O–H groups in total. The van der Waals surface area contributed by atoms with Gasteiger partial charge in [0, 0.05) is 27.1 Å². The van der Waals surface area contributed by atoms with Gasteiger partial charge in [-0.1, -0.05) is 72.8 Å². The average molecular weight is 383 g/mol. The van der Waals surface area contributed by atoms with E-state index >= 15 is 0 Å². The maximum absolute atomic E-state index is 6.36. The van der Waals surface area contributed by atoms with Crippen LogP contribution in [-0.4, -0.2) is 4.98 Å². The normalized spacial score (nSPS) is 12.0. The van der Waals surface area contributed by atoms with E-state index in [0.717, 1.165) is 38.4 Å². The zero-order chi connectivity index (χ0) is 19.7. The number of furan rings is 1. The minimum absolute atomic E-state index is 0.918. The van der Waals surface area contributed by atoms with Crippen LogP contribution < -0.4 is 0 Å². The molecule has 0 saturated carbocycles. The fourth-order valence-electron chi connectivity index (χ4n) is 4.87. The number of H-pyrrole nitrogens is 1. The molecule has 30 heavy (non-hydrogen) atoms. The molecule has 0 radical (unpaired) electrons. The van der Waals surface area contributed by atoms with Crippen molar-refractivity contribution in [3.8, 4) is 11.1 Å². The summed E-state index contributed by atoms with van der Waals surface area (Å²) in [6.45, 7) is 0. The molecule has 2 heterocycles. The summed E-state index contributed by atoms with van der Waals surface area (Å²) >= 11 is 0. The van der Waals surface area contributed by atoms with Gasteiger partial charge in [0.2, 0.25) is 0 Å². The van der Waals surface area contributed by atoms with E-state index in [-0.39, 0.29) is 0 Å². The highest BCUT2D eigenvalue weighted by atomic mass is 16.3. The Labute approximate surface area is 172 Å². The van der Waals surface area contributed by atoms with E-state index in [2.05, 4.69) is 102 Å². The van der Waals surface area contributed by atoms with Crippen LogP contribution in [0, 0.1) is 0 Å². The molecule has 0 amide bonds. The summed E-state index contributed by atoms with van der Waals surface area (Å²) in [7, 11) is 0. The number of nitrogens with one attached hydrogen (secondary N) is 1. The molecule has 5 aromatic carbocycles. The van der Waals surface area contributed by atoms with Crippen LogP contribution in [0.15, 0.2) is 101 Å². The lowest BCUT2D eigenvalue weighted by Crippen LogP contribution is -1.78. The van der Waals surface area contributed by atoms with Crippen molar-refractivity contribution in [1.29, 1.82) is 0 Å². The van der Waals surface area contributed by atoms with Crippen molar-refractivity contribution in [2.75, 3.05) is 0 Å². The molecule has 7 aromatic rings. The Bertz CT molecular complexity index is 1740. The average Bonchev–Trinajstić information content (AvgIpc) is 3.38. The van der Waals surface area contributed by atoms with Crippen molar-refractivity contribution in [2.24, 2.45) is 0 Å². The number of benzene rings is 5. The smallest absolute Gasteiger partial charge is 0.143 e. The topological polar surface area (TPSA) is 28.9 Å². The molecule has 140 valence electrons. The second-order valence-corrected chi connectivity index (χ2v) is 7.85. The number of fused-ring (bicyclic) bond motifs is 9. The standard InChI is InChI=1S/C28H17NO/c1-2-7-17(8-3-1)19-11-6-12-23-25(19)21-15-16-24-26(27(21)29-23)22-14-13-18-9-4-5-10-20(18)28(22)30-24/h1-16,29H. The molecule has 0 aliphatic rings. The van der Waals surface area contributed by atoms with Gasteiger partial charge >= 0.3 is 0 Å². The summed E-state index contributed by atoms with van der Waals surface area (Å²) in [5, 5.41) is 7.15. The first kappa shape index (κ1) is 15.8. The summed E-state index contributed by atoms with van der Waals surface area (Å²) < 4.78 is 6.36. The van der Waals surface area contributed by atoms with Crippen LogP contribution in [0.4, 0.5) is 0 Å². The summed E-state index contributed by atoms with van der Waals surface area (Å²) in [6, 6.07) is 34.2. The molecule has 2 aromatic heterocycles. The van der Waals surface area contributed by atoms with Gasteiger partial charge in [-0.3, -0.25) is 0 Å². The molecule has 2 nitrogen and oxygen atoms in total. The molecule has 0 aliphatic heterocycles. The van der Waals surface area contributed by atoms with Crippen LogP contribution in [0.5, 0.6) is 0 Å². The Balaban J connectivity index is 1.66. The second-order valence-electron chi connectivity index (χ2n) is 7.85. The van der Waals surface area contributed by atoms with E-state index in [1.165, 1.54) is 27.3 Å². The van der Waals surface area contributed by atoms with E-state index in [1.54, 1.807) is 0 Å². The predicted molar refractivity (Wildman–Crippen MR) is 126 cm³/mol. The molecule has 0 bridgehead atoms. The van der Waals surface area contributed by atoms with Crippen molar-refractivity contribution in [3.63, 3.8) is 0 Å². The van der Waals surface area contributed by atoms with Crippen molar-refractivity contribution in [1.82, 2.24) is 4.98 Å². The third-order valence-electron chi connectivity index (χ3n) is 6.21. The van der Waals surface area contributed by atoms with E-state index in [4.69, 9.17) is 4.42 Å². The Morgan fingerprint density at radius 1 is 0.567 bits per heavy atom. The van der Waals surface area contributed by atoms with Crippen LogP contribution in [0.3, 0.4) is 0 Å². The number of rotatable bonds is 1. The van der Waals surface area contributed by atoms with E-state index in [1.807, 2.05) is 0 Å². The van der Waals surface area contributed by atoms with Crippen molar-refractivity contribution in [2.45, 2.75) is 0 Å². The Kier molecular flexibility index (Phi) is 3.03. The van der Waals surface area contributed by atoms with E-state index in [0.29, 0.717) is 0 Å². The SMILES string of the molecule is c1ccc(-c2cccc3[nH]c4c(ccc5oc6c7ccccc7ccc6c54)c23)cc1. The fourth-order valence-corrected chi connectivity index (χ4v) is 4.87. The second kappa shape index (κ2) is 5.74. The van der Waals surface area contributed by atoms with Crippen LogP contribution in [0.1, 0.15) is 0 Å². The highest BCUT2D eigenvalue weighted by Gasteiger charge is 2.17. The summed E-state index contributed by atoms with van der Waals surface area (Å²) in [5.41, 5.74) is 6.64. The molecule has 2 heteroatoms. The minimum atomic E-state index is 0.918. The highest BCUT2D eigenvalue weighted by Crippen LogP contribution is 2.41. The number of aromatic amines is 1. The largest absolute Gasteiger partial charge is 0.455 e. The van der Waals surface area contributed by atoms with Gasteiger partial charge in [-0.2, -0.15) is 0 Å². The molecule has 0 atom stereocenters. The zero-order valence-corrected chi connectivity index (χ0v) is 16.1. The van der Waals surface area contributed by atoms with Gasteiger partial charge in [-0.15, -0.1) is 0 Å². The van der Waals surface area contributed by atoms with Gasteiger partial charge in [-0.25, -0.2) is 0 Å². The molecule has 0 aliphatic carbocycles. The summed E-state index contributed by atoms with van der Waals surface area (Å²) in [4.78, 5) is 3.70. The van der Waals surface area contributed by atoms with Gasteiger partial charge < -0.3 is 9.40 Å². The minimum Gasteiger partial charge on any atom is -0.455 e. The molecule has 7 rings (SSSR count). The maximum atomic E-state index is 6.36. The van der Waals surface area contributed by atoms with Gasteiger partial charge in [0.15, 0.2) is 0 Å². The van der Waals surface area contributed by atoms with Crippen molar-refractivity contribution < 1.29 is 4.42 Å². The Morgan fingerprint density at radius 2 is 1.40 bits per heavy atom. The van der Waals surface area contributed by atoms with Crippen molar-refractivity contribution in [3.05, 3.63) is 97.1 Å². The quantitative estimate of drug-likeness (QED) is 0.305. The number of hydrogen-bond acceptors (Lipinski definition) is 1. The van der Waals surface area contributed by atoms with Gasteiger partial charge in [0.05, 0.1) is 10.9 Å². The van der Waals surface area contributed by atoms with Crippen LogP contribution in [-0.2, 0) is 0 Å². The lowest BCUT2D eigenvalue weighted by Gasteiger charge is -2.04. The summed E-state index contributed by atoms with van der Waals surface area (Å²) in [6.07, 6.45) is 0. The Hall–Kier alpha value is -4.04. The molecule has 0 fully saturated rings. The Morgan fingerprint density at radius 3 is 2.33 bits per heavy atom. The zero-order valence-electron chi connectivity index (χ0n) is 16.1. The van der Waals surface area contributed by atoms with E-state index < -0.39 is 0 Å². The van der Waals surface area contributed by atoms with E-state index in [9.17, 15) is 0 Å². The first-order valence-electron chi connectivity index (χ1n) is 10.2. The van der Waals surface area contributed by atoms with Gasteiger partial charge in [0.25, 0.3) is 0 Å². The third-order valence-corrected chi connectivity index (χ3v) is 6.21. The highest BCUT2D eigenvalue weighted by molar-refractivity contribution is 6.27. The number of hydrogen-bond donors (Lipinski definition) is 1. The maximum Gasteiger partial charge on any atom is 0.143 e. The molecule has 0 unspecified atom stereocenters.